The van der Waals surface area contributed by atoms with Crippen molar-refractivity contribution < 1.29 is 0 Å². The quantitative estimate of drug-likeness (QED) is 0.740. The number of nitrogens with zero attached hydrogens (tertiary/aromatic N) is 1. The Morgan fingerprint density at radius 2 is 1.93 bits per heavy atom. The number of aromatic nitrogens is 1. The summed E-state index contributed by atoms with van der Waals surface area (Å²) in [7, 11) is 0. The van der Waals surface area contributed by atoms with E-state index in [1.165, 1.54) is 11.3 Å². The minimum absolute atomic E-state index is 1.08. The van der Waals surface area contributed by atoms with Crippen LogP contribution in [0.4, 0.5) is 0 Å². The number of benzene rings is 1. The van der Waals surface area contributed by atoms with E-state index in [9.17, 15) is 0 Å². The Morgan fingerprint density at radius 1 is 1.14 bits per heavy atom. The summed E-state index contributed by atoms with van der Waals surface area (Å²) in [5, 5.41) is 0. The lowest BCUT2D eigenvalue weighted by molar-refractivity contribution is 1.07. The average molecular weight is 203 g/mol. The highest BCUT2D eigenvalue weighted by Crippen LogP contribution is 2.14. The Labute approximate surface area is 88.8 Å². The van der Waals surface area contributed by atoms with E-state index < -0.39 is 0 Å². The average Bonchev–Trinajstić information content (AvgIpc) is 2.71. The molecule has 1 aromatic carbocycles. The van der Waals surface area contributed by atoms with Crippen LogP contribution in [0.1, 0.15) is 5.56 Å². The predicted molar refractivity (Wildman–Crippen MR) is 63.0 cm³/mol. The largest absolute Gasteiger partial charge is 0.324 e. The minimum Gasteiger partial charge on any atom is -0.324 e. The summed E-state index contributed by atoms with van der Waals surface area (Å²) >= 11 is 1.85. The first-order chi connectivity index (χ1) is 6.90. The molecule has 0 unspecified atom stereocenters. The van der Waals surface area contributed by atoms with Gasteiger partial charge in [0.15, 0.2) is 0 Å². The maximum atomic E-state index is 2.23. The fourth-order valence-corrected chi connectivity index (χ4v) is 1.99. The van der Waals surface area contributed by atoms with Crippen LogP contribution in [0.15, 0.2) is 48.8 Å². The van der Waals surface area contributed by atoms with Gasteiger partial charge < -0.3 is 4.57 Å². The van der Waals surface area contributed by atoms with Gasteiger partial charge >= 0.3 is 0 Å². The fraction of sp³-hybridized carbons (Fsp3) is 0.167. The van der Waals surface area contributed by atoms with Gasteiger partial charge in [-0.2, -0.15) is 11.8 Å². The second kappa shape index (κ2) is 4.38. The van der Waals surface area contributed by atoms with Crippen molar-refractivity contribution in [1.29, 1.82) is 0 Å². The van der Waals surface area contributed by atoms with Gasteiger partial charge in [-0.25, -0.2) is 0 Å². The first-order valence-corrected chi connectivity index (χ1v) is 6.01. The van der Waals surface area contributed by atoms with Crippen molar-refractivity contribution >= 4 is 11.8 Å². The van der Waals surface area contributed by atoms with Crippen molar-refractivity contribution in [1.82, 2.24) is 4.57 Å². The molecule has 14 heavy (non-hydrogen) atoms. The lowest BCUT2D eigenvalue weighted by Crippen LogP contribution is -1.90. The predicted octanol–water partition coefficient (Wildman–Crippen LogP) is 3.34. The number of rotatable bonds is 3. The molecule has 0 aliphatic rings. The standard InChI is InChI=1S/C12H13NS/c1-14-10-11-5-4-6-12(9-11)13-7-2-3-8-13/h2-9H,10H2,1H3. The van der Waals surface area contributed by atoms with Crippen LogP contribution in [0.5, 0.6) is 0 Å². The van der Waals surface area contributed by atoms with Crippen molar-refractivity contribution in [2.75, 3.05) is 6.26 Å². The van der Waals surface area contributed by atoms with E-state index in [4.69, 9.17) is 0 Å². The third-order valence-electron chi connectivity index (χ3n) is 2.12. The molecule has 0 N–H and O–H groups in total. The molecule has 2 rings (SSSR count). The van der Waals surface area contributed by atoms with Crippen LogP contribution >= 0.6 is 11.8 Å². The van der Waals surface area contributed by atoms with Gasteiger partial charge in [-0.1, -0.05) is 12.1 Å². The van der Waals surface area contributed by atoms with E-state index in [-0.39, 0.29) is 0 Å². The third kappa shape index (κ3) is 2.02. The second-order valence-electron chi connectivity index (χ2n) is 3.19. The molecule has 72 valence electrons. The van der Waals surface area contributed by atoms with Crippen molar-refractivity contribution in [3.63, 3.8) is 0 Å². The number of hydrogen-bond donors (Lipinski definition) is 0. The zero-order chi connectivity index (χ0) is 9.80. The SMILES string of the molecule is CSCc1cccc(-n2cccc2)c1. The normalized spacial score (nSPS) is 10.4. The summed E-state index contributed by atoms with van der Waals surface area (Å²) in [4.78, 5) is 0. The van der Waals surface area contributed by atoms with Gasteiger partial charge in [0.05, 0.1) is 0 Å². The Balaban J connectivity index is 2.31. The Hall–Kier alpha value is -1.15. The van der Waals surface area contributed by atoms with Crippen molar-refractivity contribution in [2.24, 2.45) is 0 Å². The van der Waals surface area contributed by atoms with E-state index in [1.807, 2.05) is 23.9 Å². The third-order valence-corrected chi connectivity index (χ3v) is 2.75. The zero-order valence-electron chi connectivity index (χ0n) is 8.18. The van der Waals surface area contributed by atoms with Crippen LogP contribution in [0, 0.1) is 0 Å². The molecule has 0 radical (unpaired) electrons. The zero-order valence-corrected chi connectivity index (χ0v) is 9.00. The van der Waals surface area contributed by atoms with E-state index in [2.05, 4.69) is 47.5 Å². The fourth-order valence-electron chi connectivity index (χ4n) is 1.48. The van der Waals surface area contributed by atoms with Crippen LogP contribution in [-0.2, 0) is 5.75 Å². The summed E-state index contributed by atoms with van der Waals surface area (Å²) in [5.74, 6) is 1.08. The first kappa shape index (κ1) is 9.41. The highest BCUT2D eigenvalue weighted by molar-refractivity contribution is 7.97. The van der Waals surface area contributed by atoms with Crippen LogP contribution in [-0.4, -0.2) is 10.8 Å². The molecular weight excluding hydrogens is 190 g/mol. The summed E-state index contributed by atoms with van der Waals surface area (Å²) < 4.78 is 2.13. The second-order valence-corrected chi connectivity index (χ2v) is 4.06. The van der Waals surface area contributed by atoms with E-state index in [1.54, 1.807) is 0 Å². The van der Waals surface area contributed by atoms with Crippen molar-refractivity contribution in [3.05, 3.63) is 54.4 Å². The molecule has 1 aromatic heterocycles. The Bertz CT molecular complexity index is 392. The molecule has 0 amide bonds. The smallest absolute Gasteiger partial charge is 0.0452 e. The number of hydrogen-bond acceptors (Lipinski definition) is 1. The van der Waals surface area contributed by atoms with Crippen LogP contribution in [0.2, 0.25) is 0 Å². The molecule has 0 saturated carbocycles. The summed E-state index contributed by atoms with van der Waals surface area (Å²) in [6.45, 7) is 0. The molecule has 1 heterocycles. The van der Waals surface area contributed by atoms with E-state index in [0.29, 0.717) is 0 Å². The maximum Gasteiger partial charge on any atom is 0.0452 e. The van der Waals surface area contributed by atoms with Gasteiger partial charge in [0.25, 0.3) is 0 Å². The summed E-state index contributed by atoms with van der Waals surface area (Å²) in [6.07, 6.45) is 6.26. The van der Waals surface area contributed by atoms with Crippen molar-refractivity contribution in [3.8, 4) is 5.69 Å². The molecule has 0 fully saturated rings. The van der Waals surface area contributed by atoms with E-state index >= 15 is 0 Å². The molecule has 0 saturated heterocycles. The van der Waals surface area contributed by atoms with Gasteiger partial charge in [0.1, 0.15) is 0 Å². The Kier molecular flexibility index (Phi) is 2.94. The molecule has 2 aromatic rings. The molecule has 1 nitrogen and oxygen atoms in total. The monoisotopic (exact) mass is 203 g/mol. The molecule has 0 bridgehead atoms. The topological polar surface area (TPSA) is 4.93 Å². The summed E-state index contributed by atoms with van der Waals surface area (Å²) in [5.41, 5.74) is 2.62. The van der Waals surface area contributed by atoms with Crippen LogP contribution in [0.25, 0.3) is 5.69 Å². The van der Waals surface area contributed by atoms with Crippen LogP contribution in [0.3, 0.4) is 0 Å². The highest BCUT2D eigenvalue weighted by atomic mass is 32.2. The van der Waals surface area contributed by atoms with Crippen LogP contribution < -0.4 is 0 Å². The number of thioether (sulfide) groups is 1. The lowest BCUT2D eigenvalue weighted by Gasteiger charge is -2.05. The molecule has 0 aliphatic heterocycles. The first-order valence-electron chi connectivity index (χ1n) is 4.61. The van der Waals surface area contributed by atoms with Gasteiger partial charge in [-0.3, -0.25) is 0 Å². The molecule has 0 aliphatic carbocycles. The highest BCUT2D eigenvalue weighted by Gasteiger charge is 1.96. The van der Waals surface area contributed by atoms with Crippen molar-refractivity contribution in [2.45, 2.75) is 5.75 Å². The molecule has 2 heteroatoms. The van der Waals surface area contributed by atoms with Gasteiger partial charge in [-0.05, 0) is 36.1 Å². The van der Waals surface area contributed by atoms with Gasteiger partial charge in [-0.15, -0.1) is 0 Å². The Morgan fingerprint density at radius 3 is 2.64 bits per heavy atom. The van der Waals surface area contributed by atoms with Gasteiger partial charge in [0.2, 0.25) is 0 Å². The lowest BCUT2D eigenvalue weighted by atomic mass is 10.2. The van der Waals surface area contributed by atoms with Gasteiger partial charge in [0, 0.05) is 23.8 Å². The van der Waals surface area contributed by atoms with E-state index in [0.717, 1.165) is 5.75 Å². The maximum absolute atomic E-state index is 2.23. The molecule has 0 atom stereocenters. The summed E-state index contributed by atoms with van der Waals surface area (Å²) in [6, 6.07) is 12.7. The molecule has 0 spiro atoms. The minimum atomic E-state index is 1.08. The molecular formula is C12H13NS.